The summed E-state index contributed by atoms with van der Waals surface area (Å²) in [4.78, 5) is 0. The van der Waals surface area contributed by atoms with E-state index in [4.69, 9.17) is 0 Å². The number of hydrogen-bond donors (Lipinski definition) is 0. The maximum absolute atomic E-state index is 2.75. The average molecular weight is 1840 g/mol. The largest absolute Gasteiger partial charge is 0.308 e. The lowest BCUT2D eigenvalue weighted by Gasteiger charge is -2.63. The molecule has 138 heavy (non-hydrogen) atoms. The number of benzene rings is 12. The lowest BCUT2D eigenvalue weighted by molar-refractivity contribution is -0.0419. The molecular weight excluding hydrogens is 1660 g/mol. The van der Waals surface area contributed by atoms with Crippen molar-refractivity contribution in [3.8, 4) is 50.4 Å². The maximum Gasteiger partial charge on any atom is 0.0584 e. The summed E-state index contributed by atoms with van der Waals surface area (Å²) in [7, 11) is 0. The summed E-state index contributed by atoms with van der Waals surface area (Å²) in [5.41, 5.74) is 46.2. The fraction of sp³-hybridized carbons (Fsp3) is 0.467. The Balaban J connectivity index is 0.000000135. The Morgan fingerprint density at radius 1 is 0.217 bits per heavy atom. The van der Waals surface area contributed by atoms with Gasteiger partial charge in [0.25, 0.3) is 0 Å². The van der Waals surface area contributed by atoms with Crippen molar-refractivity contribution in [3.63, 3.8) is 0 Å². The molecule has 12 bridgehead atoms. The summed E-state index contributed by atoms with van der Waals surface area (Å²) in [5.74, 6) is 10.4. The summed E-state index contributed by atoms with van der Waals surface area (Å²) in [6, 6.07) is 86.8. The Labute approximate surface area is 834 Å². The van der Waals surface area contributed by atoms with Crippen LogP contribution in [0, 0.1) is 71.0 Å². The fourth-order valence-electron chi connectivity index (χ4n) is 31.9. The molecule has 12 fully saturated rings. The Morgan fingerprint density at radius 2 is 0.514 bits per heavy atom. The first kappa shape index (κ1) is 101. The van der Waals surface area contributed by atoms with Gasteiger partial charge in [0.05, 0.1) is 50.2 Å². The molecule has 0 saturated heterocycles. The van der Waals surface area contributed by atoms with E-state index in [1.54, 1.807) is 55.9 Å². The van der Waals surface area contributed by atoms with Gasteiger partial charge in [-0.05, 0) is 335 Å². The van der Waals surface area contributed by atoms with Crippen LogP contribution in [0.1, 0.15) is 367 Å². The van der Waals surface area contributed by atoms with Crippen molar-refractivity contribution in [1.29, 1.82) is 0 Å². The minimum atomic E-state index is 0.160. The smallest absolute Gasteiger partial charge is 0.0584 e. The minimum absolute atomic E-state index is 0.160. The second-order valence-corrected chi connectivity index (χ2v) is 39.7. The number of nitrogens with zero attached hydrogens (tertiary/aromatic N) is 3. The zero-order valence-electron chi connectivity index (χ0n) is 90.4. The van der Waals surface area contributed by atoms with Crippen LogP contribution in [-0.2, 0) is 54.8 Å². The second kappa shape index (κ2) is 42.5. The van der Waals surface area contributed by atoms with Gasteiger partial charge < -0.3 is 13.7 Å². The molecule has 15 aliphatic carbocycles. The molecule has 0 N–H and O–H groups in total. The molecule has 3 spiro atoms. The van der Waals surface area contributed by atoms with Gasteiger partial charge in [-0.1, -0.05) is 375 Å². The molecule has 0 atom stereocenters. The van der Waals surface area contributed by atoms with E-state index in [-0.39, 0.29) is 16.2 Å². The Bertz CT molecular complexity index is 6710. The van der Waals surface area contributed by atoms with Crippen LogP contribution < -0.4 is 0 Å². The van der Waals surface area contributed by atoms with Crippen LogP contribution in [0.5, 0.6) is 0 Å². The normalized spacial score (nSPS) is 24.7. The number of aromatic nitrogens is 3. The molecule has 0 amide bonds. The van der Waals surface area contributed by atoms with Gasteiger partial charge in [0, 0.05) is 67.0 Å². The number of aryl methyl sites for hydroxylation is 3. The van der Waals surface area contributed by atoms with E-state index in [1.807, 2.05) is 166 Å². The van der Waals surface area contributed by atoms with Crippen LogP contribution >= 0.6 is 0 Å². The Kier molecular flexibility index (Phi) is 31.1. The zero-order chi connectivity index (χ0) is 98.2. The summed E-state index contributed by atoms with van der Waals surface area (Å²) < 4.78 is 8.21. The number of fused-ring (bicyclic) bond motifs is 27. The van der Waals surface area contributed by atoms with Gasteiger partial charge >= 0.3 is 0 Å². The van der Waals surface area contributed by atoms with Gasteiger partial charge in [0.15, 0.2) is 0 Å². The highest BCUT2D eigenvalue weighted by atomic mass is 15.0. The van der Waals surface area contributed by atoms with E-state index < -0.39 is 0 Å². The van der Waals surface area contributed by atoms with E-state index in [0.717, 1.165) is 110 Å². The van der Waals surface area contributed by atoms with Gasteiger partial charge in [0.1, 0.15) is 0 Å². The molecule has 0 unspecified atom stereocenters. The van der Waals surface area contributed by atoms with Gasteiger partial charge in [-0.25, -0.2) is 0 Å². The molecule has 6 heterocycles. The molecule has 12 aromatic carbocycles. The SMILES string of the molecule is CC.CC.CC.CC.CC.CC.CC.CC.CC.CC.CC.CC.CCc1ccc2c(c1)c1cccc3c1n2-c1c(ccc2c1-c1ccccc1C2)C31C2CC3CC(C2)CC1C3.CCc1ccc2c(c1)c1cccc3c1n2-c1c(ccc2c1Cc1ccccc1-2)C31C2CC3CC(C2)CC1C3.CCc1ccc2c3cccc4c3n(c2c1)-c1c(ccc2c1Cc1ccccc1-2)C41C2CC3CC(C2)CC1C3. The maximum atomic E-state index is 2.75. The molecule has 3 nitrogen and oxygen atoms in total. The van der Waals surface area contributed by atoms with E-state index in [0.29, 0.717) is 0 Å². The highest BCUT2D eigenvalue weighted by Crippen LogP contribution is 2.73. The van der Waals surface area contributed by atoms with Crippen LogP contribution in [0.25, 0.3) is 116 Å². The second-order valence-electron chi connectivity index (χ2n) is 39.7. The number of para-hydroxylation sites is 3. The molecular formula is C135H171N3. The standard InChI is InChI=1S/3C37H33N.12C2H6/c1-2-21-10-13-34-30(19-21)29-8-5-9-32-35(29)38(34)36-31-20-24-6-3-4-7-27(24)28(31)11-12-33(36)37(32)25-15-22-14-23(17-25)18-26(37)16-22;1-2-21-10-13-33-30(19-21)29-8-5-9-31-35(29)38(33)36-32(12-11-25-20-24-6-3-4-7-28(24)34(25)36)37(31)26-15-22-14-23(17-26)18-27(37)16-22;1-2-21-10-11-29-30-8-5-9-32-35(30)38(34(29)19-21)36-31-20-24-6-3-4-7-27(24)28(31)12-13-33(36)37(32)25-15-22-14-23(17-25)18-26(37)16-22;12*1-2/h3-13,19,22-23,25-26H,2,14-18,20H2,1H3;3-13,19,22-23,26-27H,2,14-18,20H2,1H3;3-13,19,22-23,25-26H,2,14-18,20H2,1H3;12*1-2H3. The van der Waals surface area contributed by atoms with Crippen molar-refractivity contribution < 1.29 is 0 Å². The third-order valence-corrected chi connectivity index (χ3v) is 35.3. The van der Waals surface area contributed by atoms with E-state index in [1.165, 1.54) is 240 Å². The molecule has 0 radical (unpaired) electrons. The molecule has 726 valence electrons. The first-order valence-corrected chi connectivity index (χ1v) is 57.2. The predicted octanol–water partition coefficient (Wildman–Crippen LogP) is 39.2. The molecule has 18 aliphatic rings. The fourth-order valence-corrected chi connectivity index (χ4v) is 31.9. The monoisotopic (exact) mass is 1830 g/mol. The highest BCUT2D eigenvalue weighted by Gasteiger charge is 2.65. The number of rotatable bonds is 3. The number of hydrogen-bond acceptors (Lipinski definition) is 0. The van der Waals surface area contributed by atoms with Crippen molar-refractivity contribution in [1.82, 2.24) is 13.7 Å². The van der Waals surface area contributed by atoms with Gasteiger partial charge in [0.2, 0.25) is 0 Å². The van der Waals surface area contributed by atoms with Crippen LogP contribution in [0.2, 0.25) is 0 Å². The van der Waals surface area contributed by atoms with Gasteiger partial charge in [-0.2, -0.15) is 0 Å². The first-order chi connectivity index (χ1) is 68.3. The van der Waals surface area contributed by atoms with Crippen LogP contribution in [0.4, 0.5) is 0 Å². The minimum Gasteiger partial charge on any atom is -0.308 e. The molecule has 3 heteroatoms. The van der Waals surface area contributed by atoms with Crippen molar-refractivity contribution in [2.75, 3.05) is 0 Å². The van der Waals surface area contributed by atoms with Crippen LogP contribution in [0.3, 0.4) is 0 Å². The summed E-state index contributed by atoms with van der Waals surface area (Å²) in [5, 5.41) is 8.72. The third-order valence-electron chi connectivity index (χ3n) is 35.3. The summed E-state index contributed by atoms with van der Waals surface area (Å²) in [6.07, 6.45) is 28.1. The Morgan fingerprint density at radius 3 is 0.877 bits per heavy atom. The van der Waals surface area contributed by atoms with Crippen molar-refractivity contribution in [2.45, 2.75) is 338 Å². The lowest BCUT2D eigenvalue weighted by atomic mass is 9.41. The highest BCUT2D eigenvalue weighted by molar-refractivity contribution is 6.16. The average Bonchev–Trinajstić information content (AvgIpc) is 1.42. The molecule has 15 aromatic rings. The van der Waals surface area contributed by atoms with E-state index in [2.05, 4.69) is 253 Å². The van der Waals surface area contributed by atoms with Crippen molar-refractivity contribution in [2.24, 2.45) is 71.0 Å². The Hall–Kier alpha value is -9.96. The summed E-state index contributed by atoms with van der Waals surface area (Å²) in [6.45, 7) is 54.9. The molecule has 3 aliphatic heterocycles. The third kappa shape index (κ3) is 14.8. The molecule has 12 saturated carbocycles. The zero-order valence-corrected chi connectivity index (χ0v) is 90.4. The van der Waals surface area contributed by atoms with Crippen molar-refractivity contribution >= 4 is 65.4 Å². The predicted molar refractivity (Wildman–Crippen MR) is 605 cm³/mol. The van der Waals surface area contributed by atoms with Crippen LogP contribution in [0.15, 0.2) is 218 Å². The quantitative estimate of drug-likeness (QED) is 0.167. The first-order valence-electron chi connectivity index (χ1n) is 57.2. The summed E-state index contributed by atoms with van der Waals surface area (Å²) >= 11 is 0. The van der Waals surface area contributed by atoms with Gasteiger partial charge in [-0.15, -0.1) is 0 Å². The molecule has 3 aromatic heterocycles. The lowest BCUT2D eigenvalue weighted by Crippen LogP contribution is -2.57. The topological polar surface area (TPSA) is 14.8 Å². The van der Waals surface area contributed by atoms with Crippen LogP contribution in [-0.4, -0.2) is 13.7 Å². The van der Waals surface area contributed by atoms with E-state index in [9.17, 15) is 0 Å². The van der Waals surface area contributed by atoms with Gasteiger partial charge in [-0.3, -0.25) is 0 Å². The van der Waals surface area contributed by atoms with E-state index >= 15 is 0 Å². The van der Waals surface area contributed by atoms with Crippen molar-refractivity contribution in [3.05, 3.63) is 302 Å². The molecule has 33 rings (SSSR count).